The fourth-order valence-corrected chi connectivity index (χ4v) is 7.36. The van der Waals surface area contributed by atoms with Crippen molar-refractivity contribution in [2.24, 2.45) is 0 Å². The Morgan fingerprint density at radius 3 is 2.07 bits per heavy atom. The number of hydrogen-bond acceptors (Lipinski definition) is 2. The van der Waals surface area contributed by atoms with E-state index in [1.165, 1.54) is 12.1 Å². The van der Waals surface area contributed by atoms with E-state index in [2.05, 4.69) is 23.4 Å². The van der Waals surface area contributed by atoms with Crippen LogP contribution in [0.5, 0.6) is 11.5 Å². The monoisotopic (exact) mass is 973 g/mol. The van der Waals surface area contributed by atoms with Gasteiger partial charge in [-0.15, -0.1) is 29.7 Å². The molecule has 0 aliphatic heterocycles. The van der Waals surface area contributed by atoms with E-state index in [-0.39, 0.29) is 77.5 Å². The average molecular weight is 974 g/mol. The number of nitrogens with zero attached hydrogens (tertiary/aromatic N) is 4. The summed E-state index contributed by atoms with van der Waals surface area (Å²) in [6.07, 6.45) is 4.49. The van der Waals surface area contributed by atoms with Gasteiger partial charge in [0.2, 0.25) is 0 Å². The van der Waals surface area contributed by atoms with Crippen LogP contribution in [0, 0.1) is 32.2 Å². The molecule has 0 aliphatic rings. The summed E-state index contributed by atoms with van der Waals surface area (Å²) < 4.78 is 148. The number of ether oxygens (including phenoxy) is 1. The molecule has 0 spiro atoms. The number of fused-ring (bicyclic) bond motifs is 4. The van der Waals surface area contributed by atoms with Gasteiger partial charge in [-0.3, -0.25) is 4.57 Å². The summed E-state index contributed by atoms with van der Waals surface area (Å²) in [6.45, 7) is 0.549. The van der Waals surface area contributed by atoms with Crippen molar-refractivity contribution in [2.75, 3.05) is 0 Å². The summed E-state index contributed by atoms with van der Waals surface area (Å²) >= 11 is 0. The Balaban J connectivity index is 0.00000706. The van der Waals surface area contributed by atoms with Crippen LogP contribution in [-0.4, -0.2) is 14.1 Å². The third-order valence-corrected chi connectivity index (χ3v) is 10.2. The molecular formula is C54H42N4OPt-2. The predicted molar refractivity (Wildman–Crippen MR) is 239 cm³/mol. The number of aromatic nitrogens is 4. The number of pyridine rings is 1. The molecule has 10 rings (SSSR count). The summed E-state index contributed by atoms with van der Waals surface area (Å²) in [5.74, 6) is 0.642. The Morgan fingerprint density at radius 2 is 1.37 bits per heavy atom. The molecule has 0 atom stereocenters. The van der Waals surface area contributed by atoms with Crippen molar-refractivity contribution in [1.29, 1.82) is 0 Å². The van der Waals surface area contributed by atoms with Gasteiger partial charge in [-0.2, -0.15) is 17.7 Å². The van der Waals surface area contributed by atoms with Crippen LogP contribution >= 0.6 is 0 Å². The first-order valence-electron chi connectivity index (χ1n) is 26.7. The summed E-state index contributed by atoms with van der Waals surface area (Å²) in [7, 11) is 0. The molecule has 296 valence electrons. The molecule has 0 saturated carbocycles. The SMILES string of the molecule is [2H]c1c([2H])c([2H])c(-c2cccc(-c3c([2H])c([2H])c([2H])c([2H])c3[2H])c2-[n+]2[c-]n(-c3[c-]c(Oc4[c-]c5c(cc4)c4ccccc4n5-c4cc(C([2H])([2H])[2H])c(C([2H])([2H])[2H])cn4)cc(C(C)(C)C)c3)c3ccccc32)c([2H])c1[2H].[Pt]. The molecule has 0 N–H and O–H groups in total. The minimum absolute atomic E-state index is 0. The molecule has 0 amide bonds. The van der Waals surface area contributed by atoms with Gasteiger partial charge in [0.1, 0.15) is 5.82 Å². The van der Waals surface area contributed by atoms with Gasteiger partial charge in [-0.25, -0.2) is 4.98 Å². The first-order valence-corrected chi connectivity index (χ1v) is 18.7. The molecule has 0 saturated heterocycles. The summed E-state index contributed by atoms with van der Waals surface area (Å²) in [6, 6.07) is 28.9. The van der Waals surface area contributed by atoms with Crippen LogP contribution in [0.3, 0.4) is 0 Å². The number of hydrogen-bond donors (Lipinski definition) is 0. The van der Waals surface area contributed by atoms with E-state index in [1.54, 1.807) is 50.1 Å². The molecule has 0 fully saturated rings. The van der Waals surface area contributed by atoms with E-state index in [0.29, 0.717) is 27.8 Å². The van der Waals surface area contributed by atoms with Crippen molar-refractivity contribution < 1.29 is 52.3 Å². The fourth-order valence-electron chi connectivity index (χ4n) is 7.36. The smallest absolute Gasteiger partial charge is 0.268 e. The Morgan fingerprint density at radius 1 is 0.683 bits per heavy atom. The maximum absolute atomic E-state index is 9.05. The van der Waals surface area contributed by atoms with E-state index in [0.717, 1.165) is 22.5 Å². The molecule has 5 nitrogen and oxygen atoms in total. The van der Waals surface area contributed by atoms with Gasteiger partial charge >= 0.3 is 0 Å². The van der Waals surface area contributed by atoms with Crippen molar-refractivity contribution in [1.82, 2.24) is 14.1 Å². The van der Waals surface area contributed by atoms with Crippen LogP contribution in [0.4, 0.5) is 0 Å². The zero-order valence-electron chi connectivity index (χ0n) is 48.3. The number of para-hydroxylation sites is 4. The van der Waals surface area contributed by atoms with E-state index in [9.17, 15) is 0 Å². The molecular weight excluding hydrogens is 916 g/mol. The summed E-state index contributed by atoms with van der Waals surface area (Å²) in [4.78, 5) is 4.48. The molecule has 0 unspecified atom stereocenters. The Bertz CT molecular complexity index is 3880. The van der Waals surface area contributed by atoms with E-state index >= 15 is 0 Å². The second-order valence-electron chi connectivity index (χ2n) is 15.0. The second-order valence-corrected chi connectivity index (χ2v) is 15.0. The number of benzene rings is 7. The van der Waals surface area contributed by atoms with Crippen LogP contribution in [-0.2, 0) is 26.5 Å². The van der Waals surface area contributed by atoms with Crippen LogP contribution in [0.25, 0.3) is 72.3 Å². The van der Waals surface area contributed by atoms with Gasteiger partial charge in [-0.1, -0.05) is 147 Å². The predicted octanol–water partition coefficient (Wildman–Crippen LogP) is 12.8. The maximum Gasteiger partial charge on any atom is 0.268 e. The molecule has 3 aromatic heterocycles. The van der Waals surface area contributed by atoms with Gasteiger partial charge in [-0.05, 0) is 75.7 Å². The van der Waals surface area contributed by atoms with Crippen molar-refractivity contribution in [3.05, 3.63) is 199 Å². The third kappa shape index (κ3) is 6.93. The topological polar surface area (TPSA) is 35.9 Å². The van der Waals surface area contributed by atoms with Crippen LogP contribution in [0.15, 0.2) is 164 Å². The number of imidazole rings is 1. The van der Waals surface area contributed by atoms with Crippen molar-refractivity contribution in [3.8, 4) is 50.9 Å². The van der Waals surface area contributed by atoms with E-state index < -0.39 is 79.5 Å². The van der Waals surface area contributed by atoms with Crippen molar-refractivity contribution >= 4 is 32.8 Å². The second kappa shape index (κ2) is 15.6. The Kier molecular flexibility index (Phi) is 6.36. The standard InChI is InChI=1S/C54H42N4O.Pt/c1-36-29-52(55-34-37(36)2)58-48-24-13-12-21-46(48)47-28-27-42(33-51(47)58)59-43-31-40(54(3,4)5)30-41(32-43)56-35-57(50-26-15-14-25-49(50)56)53-44(38-17-8-6-9-18-38)22-16-23-45(53)39-19-10-7-11-20-39;/h6-31,34H,1-5H3;/q-2;/i1D3,2D3,6D,7D,8D,9D,10D,11D,17D,18D,19D,20D;. The molecule has 7 aromatic carbocycles. The summed E-state index contributed by atoms with van der Waals surface area (Å²) in [5.41, 5.74) is 2.05. The summed E-state index contributed by atoms with van der Waals surface area (Å²) in [5, 5.41) is 1.52. The van der Waals surface area contributed by atoms with E-state index in [4.69, 9.17) is 26.7 Å². The maximum atomic E-state index is 9.05. The molecule has 0 aliphatic carbocycles. The van der Waals surface area contributed by atoms with Gasteiger partial charge in [0.15, 0.2) is 0 Å². The van der Waals surface area contributed by atoms with Gasteiger partial charge in [0.25, 0.3) is 6.33 Å². The number of rotatable bonds is 7. The normalized spacial score (nSPS) is 15.8. The fraction of sp³-hybridized carbons (Fsp3) is 0.111. The van der Waals surface area contributed by atoms with Crippen molar-refractivity contribution in [3.63, 3.8) is 0 Å². The molecule has 3 heterocycles. The first kappa shape index (κ1) is 24.5. The third-order valence-electron chi connectivity index (χ3n) is 10.2. The largest absolute Gasteiger partial charge is 0.510 e. The molecule has 10 aromatic rings. The zero-order valence-corrected chi connectivity index (χ0v) is 34.6. The van der Waals surface area contributed by atoms with Gasteiger partial charge in [0.05, 0.1) is 30.4 Å². The Labute approximate surface area is 387 Å². The Hall–Kier alpha value is -6.55. The van der Waals surface area contributed by atoms with Crippen LogP contribution in [0.1, 0.15) is 59.4 Å². The molecule has 0 bridgehead atoms. The zero-order chi connectivity index (χ0) is 54.0. The quantitative estimate of drug-likeness (QED) is 0.118. The van der Waals surface area contributed by atoms with Gasteiger partial charge < -0.3 is 13.9 Å². The molecule has 0 radical (unpaired) electrons. The van der Waals surface area contributed by atoms with E-state index in [1.807, 2.05) is 69.3 Å². The van der Waals surface area contributed by atoms with Crippen LogP contribution < -0.4 is 9.30 Å². The molecule has 60 heavy (non-hydrogen) atoms. The minimum Gasteiger partial charge on any atom is -0.510 e. The number of aryl methyl sites for hydroxylation is 2. The average Bonchev–Trinajstić information content (AvgIpc) is 3.96. The minimum atomic E-state index is -2.77. The van der Waals surface area contributed by atoms with Crippen LogP contribution in [0.2, 0.25) is 0 Å². The van der Waals surface area contributed by atoms with Crippen molar-refractivity contribution in [2.45, 2.75) is 39.9 Å². The van der Waals surface area contributed by atoms with Gasteiger partial charge in [0, 0.05) is 52.5 Å². The molecule has 6 heteroatoms. The first-order chi connectivity index (χ1) is 35.3.